The highest BCUT2D eigenvalue weighted by Gasteiger charge is 1.95. The lowest BCUT2D eigenvalue weighted by Crippen LogP contribution is -2.02. The van der Waals surface area contributed by atoms with Crippen molar-refractivity contribution in [3.63, 3.8) is 0 Å². The maximum Gasteiger partial charge on any atom is 0.330 e. The summed E-state index contributed by atoms with van der Waals surface area (Å²) in [5, 5.41) is 8.59. The molecule has 0 atom stereocenters. The van der Waals surface area contributed by atoms with Gasteiger partial charge in [0.15, 0.2) is 0 Å². The lowest BCUT2D eigenvalue weighted by Gasteiger charge is -2.04. The topological polar surface area (TPSA) is 55.8 Å². The first-order valence-corrected chi connectivity index (χ1v) is 6.79. The van der Waals surface area contributed by atoms with Gasteiger partial charge in [-0.25, -0.2) is 4.79 Å². The van der Waals surface area contributed by atoms with Crippen molar-refractivity contribution in [2.24, 2.45) is 0 Å². The summed E-state index contributed by atoms with van der Waals surface area (Å²) in [6.45, 7) is 5.66. The molecule has 4 heteroatoms. The van der Waals surface area contributed by atoms with Crippen molar-refractivity contribution >= 4 is 5.97 Å². The molecule has 0 saturated heterocycles. The van der Waals surface area contributed by atoms with Crippen molar-refractivity contribution in [3.05, 3.63) is 12.7 Å². The maximum absolute atomic E-state index is 10.7. The van der Waals surface area contributed by atoms with Crippen molar-refractivity contribution in [2.75, 3.05) is 26.4 Å². The number of rotatable bonds is 13. The van der Waals surface area contributed by atoms with Gasteiger partial charge in [0, 0.05) is 25.9 Å². The Balaban J connectivity index is 2.98. The van der Waals surface area contributed by atoms with Crippen LogP contribution in [0, 0.1) is 0 Å². The molecule has 0 fully saturated rings. The molecule has 18 heavy (non-hydrogen) atoms. The molecule has 0 spiro atoms. The summed E-state index contributed by atoms with van der Waals surface area (Å²) in [6.07, 6.45) is 8.23. The van der Waals surface area contributed by atoms with Crippen molar-refractivity contribution < 1.29 is 19.4 Å². The van der Waals surface area contributed by atoms with Crippen molar-refractivity contribution in [1.82, 2.24) is 0 Å². The maximum atomic E-state index is 10.7. The Labute approximate surface area is 110 Å². The number of aliphatic hydroxyl groups excluding tert-OH is 1. The van der Waals surface area contributed by atoms with Gasteiger partial charge in [0.2, 0.25) is 0 Å². The van der Waals surface area contributed by atoms with E-state index in [4.69, 9.17) is 14.6 Å². The van der Waals surface area contributed by atoms with E-state index >= 15 is 0 Å². The summed E-state index contributed by atoms with van der Waals surface area (Å²) < 4.78 is 10.3. The fourth-order valence-corrected chi connectivity index (χ4v) is 1.49. The molecule has 106 valence electrons. The highest BCUT2D eigenvalue weighted by atomic mass is 16.5. The van der Waals surface area contributed by atoms with E-state index in [1.807, 2.05) is 0 Å². The average Bonchev–Trinajstić information content (AvgIpc) is 2.39. The summed E-state index contributed by atoms with van der Waals surface area (Å²) in [5.41, 5.74) is 0. The zero-order valence-corrected chi connectivity index (χ0v) is 11.2. The quantitative estimate of drug-likeness (QED) is 0.313. The van der Waals surface area contributed by atoms with Crippen LogP contribution in [0.1, 0.15) is 44.9 Å². The Hall–Kier alpha value is -0.870. The van der Waals surface area contributed by atoms with Gasteiger partial charge >= 0.3 is 5.97 Å². The highest BCUT2D eigenvalue weighted by Crippen LogP contribution is 2.01. The van der Waals surface area contributed by atoms with Crippen LogP contribution < -0.4 is 0 Å². The second-order valence-electron chi connectivity index (χ2n) is 4.18. The zero-order chi connectivity index (χ0) is 13.5. The predicted molar refractivity (Wildman–Crippen MR) is 71.4 cm³/mol. The molecule has 0 aromatic carbocycles. The van der Waals surface area contributed by atoms with Crippen LogP contribution >= 0.6 is 0 Å². The summed E-state index contributed by atoms with van der Waals surface area (Å²) >= 11 is 0. The molecule has 0 heterocycles. The third-order valence-electron chi connectivity index (χ3n) is 2.54. The third-order valence-corrected chi connectivity index (χ3v) is 2.54. The average molecular weight is 258 g/mol. The van der Waals surface area contributed by atoms with E-state index in [0.29, 0.717) is 6.61 Å². The van der Waals surface area contributed by atoms with Gasteiger partial charge in [0.25, 0.3) is 0 Å². The smallest absolute Gasteiger partial charge is 0.330 e. The monoisotopic (exact) mass is 258 g/mol. The molecule has 0 radical (unpaired) electrons. The molecule has 0 amide bonds. The van der Waals surface area contributed by atoms with E-state index in [-0.39, 0.29) is 12.6 Å². The van der Waals surface area contributed by atoms with Crippen molar-refractivity contribution in [1.29, 1.82) is 0 Å². The minimum absolute atomic E-state index is 0.289. The van der Waals surface area contributed by atoms with Crippen molar-refractivity contribution in [3.8, 4) is 0 Å². The number of carbonyl (C=O) groups excluding carboxylic acids is 1. The van der Waals surface area contributed by atoms with Gasteiger partial charge in [0.05, 0.1) is 6.61 Å². The normalized spacial score (nSPS) is 10.3. The molecule has 0 aliphatic rings. The number of hydrogen-bond donors (Lipinski definition) is 1. The minimum Gasteiger partial charge on any atom is -0.463 e. The van der Waals surface area contributed by atoms with E-state index in [0.717, 1.165) is 58.2 Å². The summed E-state index contributed by atoms with van der Waals surface area (Å²) in [7, 11) is 0. The van der Waals surface area contributed by atoms with Gasteiger partial charge in [0.1, 0.15) is 0 Å². The van der Waals surface area contributed by atoms with E-state index in [9.17, 15) is 4.79 Å². The SMILES string of the molecule is C=CC(=O)OCCCCCOCCCCCCO. The summed E-state index contributed by atoms with van der Waals surface area (Å²) in [4.78, 5) is 10.7. The molecule has 0 aliphatic heterocycles. The third kappa shape index (κ3) is 13.2. The van der Waals surface area contributed by atoms with Crippen LogP contribution in [-0.2, 0) is 14.3 Å². The molecule has 0 bridgehead atoms. The molecule has 0 aliphatic carbocycles. The van der Waals surface area contributed by atoms with Crippen LogP contribution in [0.15, 0.2) is 12.7 Å². The Morgan fingerprint density at radius 3 is 2.11 bits per heavy atom. The summed E-state index contributed by atoms with van der Waals surface area (Å²) in [6, 6.07) is 0. The van der Waals surface area contributed by atoms with Crippen LogP contribution in [0.4, 0.5) is 0 Å². The predicted octanol–water partition coefficient (Wildman–Crippen LogP) is 2.46. The summed E-state index contributed by atoms with van der Waals surface area (Å²) in [5.74, 6) is -0.353. The minimum atomic E-state index is -0.353. The number of carbonyl (C=O) groups is 1. The standard InChI is InChI=1S/C14H26O4/c1-2-14(16)18-13-9-5-8-12-17-11-7-4-3-6-10-15/h2,15H,1,3-13H2. The number of hydrogen-bond acceptors (Lipinski definition) is 4. The first-order chi connectivity index (χ1) is 8.81. The lowest BCUT2D eigenvalue weighted by atomic mass is 10.2. The van der Waals surface area contributed by atoms with E-state index in [1.54, 1.807) is 0 Å². The van der Waals surface area contributed by atoms with Crippen LogP contribution in [0.2, 0.25) is 0 Å². The van der Waals surface area contributed by atoms with Gasteiger partial charge in [-0.15, -0.1) is 0 Å². The number of aliphatic hydroxyl groups is 1. The molecule has 0 unspecified atom stereocenters. The highest BCUT2D eigenvalue weighted by molar-refractivity contribution is 5.81. The van der Waals surface area contributed by atoms with Gasteiger partial charge in [-0.1, -0.05) is 19.4 Å². The molecule has 4 nitrogen and oxygen atoms in total. The van der Waals surface area contributed by atoms with Crippen LogP contribution in [0.3, 0.4) is 0 Å². The Kier molecular flexibility index (Phi) is 13.5. The Bertz CT molecular complexity index is 204. The molecule has 0 saturated carbocycles. The van der Waals surface area contributed by atoms with Crippen LogP contribution in [0.25, 0.3) is 0 Å². The first-order valence-electron chi connectivity index (χ1n) is 6.79. The molecular weight excluding hydrogens is 232 g/mol. The molecule has 1 N–H and O–H groups in total. The zero-order valence-electron chi connectivity index (χ0n) is 11.2. The van der Waals surface area contributed by atoms with Gasteiger partial charge < -0.3 is 14.6 Å². The first kappa shape index (κ1) is 17.1. The number of esters is 1. The van der Waals surface area contributed by atoms with Gasteiger partial charge in [-0.05, 0) is 32.1 Å². The van der Waals surface area contributed by atoms with Gasteiger partial charge in [-0.2, -0.15) is 0 Å². The number of ether oxygens (including phenoxy) is 2. The van der Waals surface area contributed by atoms with Crippen LogP contribution in [-0.4, -0.2) is 37.5 Å². The molecular formula is C14H26O4. The molecule has 0 aromatic heterocycles. The van der Waals surface area contributed by atoms with Gasteiger partial charge in [-0.3, -0.25) is 0 Å². The second kappa shape index (κ2) is 14.2. The van der Waals surface area contributed by atoms with Crippen LogP contribution in [0.5, 0.6) is 0 Å². The van der Waals surface area contributed by atoms with Crippen molar-refractivity contribution in [2.45, 2.75) is 44.9 Å². The second-order valence-corrected chi connectivity index (χ2v) is 4.18. The molecule has 0 aromatic rings. The number of unbranched alkanes of at least 4 members (excludes halogenated alkanes) is 5. The van der Waals surface area contributed by atoms with E-state index in [2.05, 4.69) is 6.58 Å². The fraction of sp³-hybridized carbons (Fsp3) is 0.786. The fourth-order valence-electron chi connectivity index (χ4n) is 1.49. The Morgan fingerprint density at radius 1 is 0.944 bits per heavy atom. The lowest BCUT2D eigenvalue weighted by molar-refractivity contribution is -0.137. The Morgan fingerprint density at radius 2 is 1.50 bits per heavy atom. The van der Waals surface area contributed by atoms with E-state index < -0.39 is 0 Å². The molecule has 0 rings (SSSR count). The largest absolute Gasteiger partial charge is 0.463 e. The van der Waals surface area contributed by atoms with E-state index in [1.165, 1.54) is 6.08 Å².